The standard InChI is InChI=1S/C15H18BrFN4S/c1-3-18-15(21-9-14-19-7-10(2)22-14)20-8-11-6-12(17)4-5-13(11)16/h4-7H,3,8-9H2,1-2H3,(H2,18,20,21). The molecule has 0 saturated heterocycles. The Morgan fingerprint density at radius 2 is 2.23 bits per heavy atom. The highest BCUT2D eigenvalue weighted by atomic mass is 79.9. The smallest absolute Gasteiger partial charge is 0.191 e. The van der Waals surface area contributed by atoms with Gasteiger partial charge in [-0.05, 0) is 37.6 Å². The molecule has 118 valence electrons. The Morgan fingerprint density at radius 3 is 2.91 bits per heavy atom. The molecule has 2 rings (SSSR count). The van der Waals surface area contributed by atoms with Gasteiger partial charge in [-0.1, -0.05) is 15.9 Å². The molecule has 0 radical (unpaired) electrons. The monoisotopic (exact) mass is 384 g/mol. The van der Waals surface area contributed by atoms with Crippen molar-refractivity contribution >= 4 is 33.2 Å². The molecule has 4 nitrogen and oxygen atoms in total. The molecule has 0 atom stereocenters. The first kappa shape index (κ1) is 16.9. The van der Waals surface area contributed by atoms with E-state index in [1.165, 1.54) is 17.0 Å². The van der Waals surface area contributed by atoms with E-state index in [2.05, 4.69) is 36.5 Å². The third-order valence-corrected chi connectivity index (χ3v) is 4.52. The number of rotatable bonds is 5. The Kier molecular flexibility index (Phi) is 6.33. The molecule has 0 bridgehead atoms. The van der Waals surface area contributed by atoms with Gasteiger partial charge in [0.05, 0.1) is 13.1 Å². The molecule has 22 heavy (non-hydrogen) atoms. The summed E-state index contributed by atoms with van der Waals surface area (Å²) in [6.07, 6.45) is 1.86. The number of aromatic nitrogens is 1. The van der Waals surface area contributed by atoms with Gasteiger partial charge in [0.25, 0.3) is 0 Å². The third-order valence-electron chi connectivity index (χ3n) is 2.84. The highest BCUT2D eigenvalue weighted by Gasteiger charge is 2.04. The molecule has 0 aliphatic carbocycles. The number of guanidine groups is 1. The van der Waals surface area contributed by atoms with Crippen molar-refractivity contribution < 1.29 is 4.39 Å². The van der Waals surface area contributed by atoms with Crippen molar-refractivity contribution in [2.75, 3.05) is 6.54 Å². The number of aliphatic imine (C=N–C) groups is 1. The van der Waals surface area contributed by atoms with Gasteiger partial charge in [0, 0.05) is 22.1 Å². The summed E-state index contributed by atoms with van der Waals surface area (Å²) in [5.41, 5.74) is 0.808. The van der Waals surface area contributed by atoms with Crippen LogP contribution in [0.2, 0.25) is 0 Å². The molecular formula is C15H18BrFN4S. The van der Waals surface area contributed by atoms with E-state index in [0.717, 1.165) is 21.6 Å². The van der Waals surface area contributed by atoms with Gasteiger partial charge in [0.15, 0.2) is 5.96 Å². The number of thiazole rings is 1. The quantitative estimate of drug-likeness (QED) is 0.611. The van der Waals surface area contributed by atoms with E-state index < -0.39 is 0 Å². The third kappa shape index (κ3) is 5.06. The number of nitrogens with zero attached hydrogens (tertiary/aromatic N) is 2. The molecule has 0 spiro atoms. The topological polar surface area (TPSA) is 49.3 Å². The van der Waals surface area contributed by atoms with Crippen LogP contribution in [0.25, 0.3) is 0 Å². The van der Waals surface area contributed by atoms with Gasteiger partial charge in [0.2, 0.25) is 0 Å². The molecule has 1 heterocycles. The predicted molar refractivity (Wildman–Crippen MR) is 92.6 cm³/mol. The van der Waals surface area contributed by atoms with E-state index in [1.807, 2.05) is 20.0 Å². The zero-order chi connectivity index (χ0) is 15.9. The van der Waals surface area contributed by atoms with Crippen LogP contribution in [0.5, 0.6) is 0 Å². The lowest BCUT2D eigenvalue weighted by Crippen LogP contribution is -2.36. The summed E-state index contributed by atoms with van der Waals surface area (Å²) in [4.78, 5) is 9.97. The molecule has 0 unspecified atom stereocenters. The fourth-order valence-corrected chi connectivity index (χ4v) is 2.91. The lowest BCUT2D eigenvalue weighted by atomic mass is 10.2. The predicted octanol–water partition coefficient (Wildman–Crippen LogP) is 3.61. The van der Waals surface area contributed by atoms with Crippen molar-refractivity contribution in [1.82, 2.24) is 15.6 Å². The number of nitrogens with one attached hydrogen (secondary N) is 2. The number of hydrogen-bond acceptors (Lipinski definition) is 3. The van der Waals surface area contributed by atoms with Crippen LogP contribution in [0.15, 0.2) is 33.9 Å². The van der Waals surface area contributed by atoms with E-state index in [-0.39, 0.29) is 5.82 Å². The molecule has 1 aromatic carbocycles. The van der Waals surface area contributed by atoms with Gasteiger partial charge in [0.1, 0.15) is 10.8 Å². The SMILES string of the molecule is CCNC(=NCc1cc(F)ccc1Br)NCc1ncc(C)s1. The van der Waals surface area contributed by atoms with E-state index in [4.69, 9.17) is 0 Å². The Morgan fingerprint density at radius 1 is 1.41 bits per heavy atom. The summed E-state index contributed by atoms with van der Waals surface area (Å²) in [5, 5.41) is 7.41. The van der Waals surface area contributed by atoms with E-state index >= 15 is 0 Å². The van der Waals surface area contributed by atoms with Crippen LogP contribution in [0.1, 0.15) is 22.4 Å². The fourth-order valence-electron chi connectivity index (χ4n) is 1.81. The Balaban J connectivity index is 2.01. The van der Waals surface area contributed by atoms with Gasteiger partial charge < -0.3 is 10.6 Å². The average Bonchev–Trinajstić information content (AvgIpc) is 2.91. The maximum Gasteiger partial charge on any atom is 0.191 e. The first-order chi connectivity index (χ1) is 10.6. The van der Waals surface area contributed by atoms with Crippen LogP contribution in [0.4, 0.5) is 4.39 Å². The van der Waals surface area contributed by atoms with Gasteiger partial charge in [-0.25, -0.2) is 14.4 Å². The normalized spacial score (nSPS) is 11.5. The molecular weight excluding hydrogens is 367 g/mol. The molecule has 0 amide bonds. The second-order valence-corrected chi connectivity index (χ2v) is 6.82. The first-order valence-corrected chi connectivity index (χ1v) is 8.57. The summed E-state index contributed by atoms with van der Waals surface area (Å²) in [6, 6.07) is 4.60. The molecule has 7 heteroatoms. The van der Waals surface area contributed by atoms with Crippen LogP contribution in [0, 0.1) is 12.7 Å². The van der Waals surface area contributed by atoms with Crippen LogP contribution >= 0.6 is 27.3 Å². The van der Waals surface area contributed by atoms with Gasteiger partial charge >= 0.3 is 0 Å². The second-order valence-electron chi connectivity index (χ2n) is 4.65. The molecule has 0 aliphatic rings. The molecule has 0 fully saturated rings. The van der Waals surface area contributed by atoms with Crippen molar-refractivity contribution in [2.24, 2.45) is 4.99 Å². The minimum absolute atomic E-state index is 0.260. The fraction of sp³-hybridized carbons (Fsp3) is 0.333. The van der Waals surface area contributed by atoms with Crippen molar-refractivity contribution in [3.05, 3.63) is 50.1 Å². The number of hydrogen-bond donors (Lipinski definition) is 2. The first-order valence-electron chi connectivity index (χ1n) is 6.96. The maximum absolute atomic E-state index is 13.3. The summed E-state index contributed by atoms with van der Waals surface area (Å²) < 4.78 is 14.1. The minimum Gasteiger partial charge on any atom is -0.357 e. The Labute approximate surface area is 142 Å². The van der Waals surface area contributed by atoms with Gasteiger partial charge in [-0.3, -0.25) is 0 Å². The lowest BCUT2D eigenvalue weighted by molar-refractivity contribution is 0.625. The van der Waals surface area contributed by atoms with Crippen LogP contribution < -0.4 is 10.6 Å². The highest BCUT2D eigenvalue weighted by Crippen LogP contribution is 2.18. The zero-order valence-electron chi connectivity index (χ0n) is 12.5. The Bertz CT molecular complexity index is 657. The number of benzene rings is 1. The van der Waals surface area contributed by atoms with Crippen molar-refractivity contribution in [3.8, 4) is 0 Å². The molecule has 2 N–H and O–H groups in total. The van der Waals surface area contributed by atoms with E-state index in [9.17, 15) is 4.39 Å². The van der Waals surface area contributed by atoms with E-state index in [1.54, 1.807) is 17.4 Å². The number of aryl methyl sites for hydroxylation is 1. The van der Waals surface area contributed by atoms with Crippen molar-refractivity contribution in [2.45, 2.75) is 26.9 Å². The molecule has 0 saturated carbocycles. The van der Waals surface area contributed by atoms with Crippen LogP contribution in [0.3, 0.4) is 0 Å². The zero-order valence-corrected chi connectivity index (χ0v) is 14.9. The highest BCUT2D eigenvalue weighted by molar-refractivity contribution is 9.10. The summed E-state index contributed by atoms with van der Waals surface area (Å²) in [7, 11) is 0. The summed E-state index contributed by atoms with van der Waals surface area (Å²) in [6.45, 7) is 5.80. The van der Waals surface area contributed by atoms with E-state index in [0.29, 0.717) is 19.0 Å². The average molecular weight is 385 g/mol. The summed E-state index contributed by atoms with van der Waals surface area (Å²) >= 11 is 5.07. The maximum atomic E-state index is 13.3. The van der Waals surface area contributed by atoms with Crippen LogP contribution in [-0.2, 0) is 13.1 Å². The van der Waals surface area contributed by atoms with Crippen molar-refractivity contribution in [1.29, 1.82) is 0 Å². The van der Waals surface area contributed by atoms with Crippen molar-refractivity contribution in [3.63, 3.8) is 0 Å². The van der Waals surface area contributed by atoms with Gasteiger partial charge in [-0.15, -0.1) is 11.3 Å². The Hall–Kier alpha value is -1.47. The minimum atomic E-state index is -0.260. The number of halogens is 2. The lowest BCUT2D eigenvalue weighted by Gasteiger charge is -2.10. The van der Waals surface area contributed by atoms with Gasteiger partial charge in [-0.2, -0.15) is 0 Å². The molecule has 2 aromatic rings. The van der Waals surface area contributed by atoms with Crippen LogP contribution in [-0.4, -0.2) is 17.5 Å². The largest absolute Gasteiger partial charge is 0.357 e. The second kappa shape index (κ2) is 8.24. The molecule has 0 aliphatic heterocycles. The molecule has 1 aromatic heterocycles. The summed E-state index contributed by atoms with van der Waals surface area (Å²) in [5.74, 6) is 0.427.